The molecule has 0 radical (unpaired) electrons. The Bertz CT molecular complexity index is 398. The van der Waals surface area contributed by atoms with Gasteiger partial charge in [-0.25, -0.2) is 8.78 Å². The van der Waals surface area contributed by atoms with Crippen molar-refractivity contribution in [2.45, 2.75) is 17.7 Å². The molecular weight excluding hydrogens is 254 g/mol. The summed E-state index contributed by atoms with van der Waals surface area (Å²) in [4.78, 5) is 2.05. The number of rotatable bonds is 4. The molecule has 2 unspecified atom stereocenters. The van der Waals surface area contributed by atoms with Crippen molar-refractivity contribution in [2.75, 3.05) is 26.4 Å². The summed E-state index contributed by atoms with van der Waals surface area (Å²) in [7, 11) is 0. The molecule has 100 valence electrons. The Hall–Kier alpha value is -0.650. The van der Waals surface area contributed by atoms with Crippen LogP contribution in [0.3, 0.4) is 0 Å². The van der Waals surface area contributed by atoms with E-state index in [4.69, 9.17) is 0 Å². The predicted octanol–water partition coefficient (Wildman–Crippen LogP) is 2.39. The van der Waals surface area contributed by atoms with E-state index >= 15 is 0 Å². The SMILES string of the molecule is CC1(C(S)c2ccc(F)cc2)CNCN1CCF. The molecule has 2 nitrogen and oxygen atoms in total. The minimum atomic E-state index is -0.374. The minimum Gasteiger partial charge on any atom is -0.302 e. The molecule has 2 rings (SSSR count). The zero-order chi connectivity index (χ0) is 13.2. The van der Waals surface area contributed by atoms with Crippen LogP contribution in [-0.2, 0) is 0 Å². The fraction of sp³-hybridized carbons (Fsp3) is 0.538. The van der Waals surface area contributed by atoms with Gasteiger partial charge in [0.2, 0.25) is 0 Å². The van der Waals surface area contributed by atoms with Gasteiger partial charge in [-0.3, -0.25) is 4.90 Å². The fourth-order valence-electron chi connectivity index (χ4n) is 2.45. The Morgan fingerprint density at radius 3 is 2.72 bits per heavy atom. The maximum Gasteiger partial charge on any atom is 0.123 e. The average molecular weight is 272 g/mol. The van der Waals surface area contributed by atoms with Gasteiger partial charge in [-0.05, 0) is 24.6 Å². The van der Waals surface area contributed by atoms with Crippen LogP contribution in [0.15, 0.2) is 24.3 Å². The van der Waals surface area contributed by atoms with Crippen molar-refractivity contribution in [3.63, 3.8) is 0 Å². The largest absolute Gasteiger partial charge is 0.302 e. The van der Waals surface area contributed by atoms with Gasteiger partial charge in [0.25, 0.3) is 0 Å². The van der Waals surface area contributed by atoms with E-state index < -0.39 is 0 Å². The van der Waals surface area contributed by atoms with Crippen LogP contribution in [0.1, 0.15) is 17.7 Å². The first-order valence-electron chi connectivity index (χ1n) is 6.03. The highest BCUT2D eigenvalue weighted by atomic mass is 32.1. The maximum atomic E-state index is 12.9. The number of thiol groups is 1. The van der Waals surface area contributed by atoms with Crippen molar-refractivity contribution in [1.29, 1.82) is 0 Å². The van der Waals surface area contributed by atoms with Crippen LogP contribution in [-0.4, -0.2) is 36.9 Å². The molecule has 0 amide bonds. The van der Waals surface area contributed by atoms with Crippen molar-refractivity contribution in [1.82, 2.24) is 10.2 Å². The van der Waals surface area contributed by atoms with Crippen LogP contribution in [0, 0.1) is 5.82 Å². The average Bonchev–Trinajstić information content (AvgIpc) is 2.73. The Morgan fingerprint density at radius 1 is 1.44 bits per heavy atom. The van der Waals surface area contributed by atoms with Gasteiger partial charge in [-0.2, -0.15) is 12.6 Å². The smallest absolute Gasteiger partial charge is 0.123 e. The summed E-state index contributed by atoms with van der Waals surface area (Å²) in [6.07, 6.45) is 0. The molecule has 1 saturated heterocycles. The molecule has 0 aromatic heterocycles. The second-order valence-electron chi connectivity index (χ2n) is 4.85. The first-order valence-corrected chi connectivity index (χ1v) is 6.55. The van der Waals surface area contributed by atoms with E-state index in [2.05, 4.69) is 24.9 Å². The van der Waals surface area contributed by atoms with Crippen molar-refractivity contribution in [2.24, 2.45) is 0 Å². The van der Waals surface area contributed by atoms with E-state index in [0.29, 0.717) is 13.2 Å². The van der Waals surface area contributed by atoms with Crippen LogP contribution in [0.4, 0.5) is 8.78 Å². The lowest BCUT2D eigenvalue weighted by Crippen LogP contribution is -2.47. The number of alkyl halides is 1. The number of nitrogens with zero attached hydrogens (tertiary/aromatic N) is 1. The second kappa shape index (κ2) is 5.55. The van der Waals surface area contributed by atoms with Crippen LogP contribution >= 0.6 is 12.6 Å². The van der Waals surface area contributed by atoms with E-state index in [1.54, 1.807) is 12.1 Å². The number of nitrogens with one attached hydrogen (secondary N) is 1. The molecule has 0 bridgehead atoms. The zero-order valence-corrected chi connectivity index (χ0v) is 11.3. The molecule has 0 aliphatic carbocycles. The summed E-state index contributed by atoms with van der Waals surface area (Å²) in [6, 6.07) is 6.35. The Kier molecular flexibility index (Phi) is 4.25. The van der Waals surface area contributed by atoms with Gasteiger partial charge in [0.05, 0.1) is 0 Å². The molecule has 1 fully saturated rings. The van der Waals surface area contributed by atoms with Crippen LogP contribution < -0.4 is 5.32 Å². The zero-order valence-electron chi connectivity index (χ0n) is 10.4. The molecule has 18 heavy (non-hydrogen) atoms. The molecule has 0 spiro atoms. The molecule has 2 atom stereocenters. The molecule has 1 N–H and O–H groups in total. The van der Waals surface area contributed by atoms with Gasteiger partial charge >= 0.3 is 0 Å². The quantitative estimate of drug-likeness (QED) is 0.818. The second-order valence-corrected chi connectivity index (χ2v) is 5.36. The van der Waals surface area contributed by atoms with Gasteiger partial charge in [0.1, 0.15) is 12.5 Å². The molecule has 1 heterocycles. The lowest BCUT2D eigenvalue weighted by atomic mass is 9.91. The Labute approximate surface area is 112 Å². The normalized spacial score (nSPS) is 26.4. The summed E-state index contributed by atoms with van der Waals surface area (Å²) in [5.41, 5.74) is 0.697. The monoisotopic (exact) mass is 272 g/mol. The lowest BCUT2D eigenvalue weighted by Gasteiger charge is -2.38. The minimum absolute atomic E-state index is 0.0837. The van der Waals surface area contributed by atoms with Crippen LogP contribution in [0.5, 0.6) is 0 Å². The van der Waals surface area contributed by atoms with Crippen LogP contribution in [0.2, 0.25) is 0 Å². The maximum absolute atomic E-state index is 12.9. The molecule has 5 heteroatoms. The first kappa shape index (κ1) is 13.8. The van der Waals surface area contributed by atoms with Gasteiger partial charge in [0, 0.05) is 30.5 Å². The van der Waals surface area contributed by atoms with Gasteiger partial charge in [-0.1, -0.05) is 12.1 Å². The first-order chi connectivity index (χ1) is 8.58. The third-order valence-electron chi connectivity index (χ3n) is 3.64. The van der Waals surface area contributed by atoms with E-state index in [9.17, 15) is 8.78 Å². The predicted molar refractivity (Wildman–Crippen MR) is 72.1 cm³/mol. The number of hydrogen-bond acceptors (Lipinski definition) is 3. The third-order valence-corrected chi connectivity index (χ3v) is 4.49. The van der Waals surface area contributed by atoms with Crippen molar-refractivity contribution in [3.05, 3.63) is 35.6 Å². The summed E-state index contributed by atoms with van der Waals surface area (Å²) >= 11 is 4.66. The molecular formula is C13H18F2N2S. The number of hydrogen-bond donors (Lipinski definition) is 2. The fourth-order valence-corrected chi connectivity index (χ4v) is 2.87. The van der Waals surface area contributed by atoms with Gasteiger partial charge < -0.3 is 5.32 Å². The van der Waals surface area contributed by atoms with Crippen LogP contribution in [0.25, 0.3) is 0 Å². The molecule has 1 aromatic carbocycles. The van der Waals surface area contributed by atoms with E-state index in [1.165, 1.54) is 12.1 Å². The van der Waals surface area contributed by atoms with Gasteiger partial charge in [-0.15, -0.1) is 0 Å². The number of halogens is 2. The number of benzene rings is 1. The standard InChI is InChI=1S/C13H18F2N2S/c1-13(8-16-9-17(13)7-6-14)12(18)10-2-4-11(15)5-3-10/h2-5,12,16,18H,6-9H2,1H3. The topological polar surface area (TPSA) is 15.3 Å². The van der Waals surface area contributed by atoms with Gasteiger partial charge in [0.15, 0.2) is 0 Å². The Balaban J connectivity index is 2.20. The third kappa shape index (κ3) is 2.53. The highest BCUT2D eigenvalue weighted by Crippen LogP contribution is 2.37. The van der Waals surface area contributed by atoms with E-state index in [1.807, 2.05) is 4.90 Å². The highest BCUT2D eigenvalue weighted by molar-refractivity contribution is 7.80. The summed E-state index contributed by atoms with van der Waals surface area (Å²) in [5.74, 6) is -0.255. The Morgan fingerprint density at radius 2 is 2.11 bits per heavy atom. The van der Waals surface area contributed by atoms with E-state index in [-0.39, 0.29) is 23.3 Å². The summed E-state index contributed by atoms with van der Waals surface area (Å²) in [5, 5.41) is 3.16. The summed E-state index contributed by atoms with van der Waals surface area (Å²) in [6.45, 7) is 3.49. The molecule has 0 saturated carbocycles. The molecule has 1 aliphatic rings. The summed E-state index contributed by atoms with van der Waals surface area (Å²) < 4.78 is 25.5. The van der Waals surface area contributed by atoms with Crippen molar-refractivity contribution < 1.29 is 8.78 Å². The molecule has 1 aromatic rings. The highest BCUT2D eigenvalue weighted by Gasteiger charge is 2.42. The lowest BCUT2D eigenvalue weighted by molar-refractivity contribution is 0.150. The van der Waals surface area contributed by atoms with E-state index in [0.717, 1.165) is 12.1 Å². The molecule has 1 aliphatic heterocycles. The van der Waals surface area contributed by atoms with Crippen molar-refractivity contribution >= 4 is 12.6 Å². The van der Waals surface area contributed by atoms with Crippen molar-refractivity contribution in [3.8, 4) is 0 Å².